The Bertz CT molecular complexity index is 1360. The number of ether oxygens (including phenoxy) is 2. The van der Waals surface area contributed by atoms with Crippen LogP contribution in [0.5, 0.6) is 0 Å². The van der Waals surface area contributed by atoms with Crippen molar-refractivity contribution < 1.29 is 53.1 Å². The zero-order valence-electron chi connectivity index (χ0n) is 25.4. The van der Waals surface area contributed by atoms with Crippen molar-refractivity contribution in [3.05, 3.63) is 71.7 Å². The Labute approximate surface area is 260 Å². The van der Waals surface area contributed by atoms with Crippen LogP contribution in [0.25, 0.3) is 11.0 Å². The topological polar surface area (TPSA) is 170 Å². The highest BCUT2D eigenvalue weighted by atomic mass is 19.1. The van der Waals surface area contributed by atoms with Gasteiger partial charge in [0.25, 0.3) is 0 Å². The second-order valence-corrected chi connectivity index (χ2v) is 10.9. The van der Waals surface area contributed by atoms with Gasteiger partial charge in [-0.05, 0) is 74.8 Å². The molecular formula is C32H41FN2O10. The Balaban J connectivity index is 0.000000477. The first-order chi connectivity index (χ1) is 21.4. The highest BCUT2D eigenvalue weighted by molar-refractivity contribution is 5.83. The van der Waals surface area contributed by atoms with Crippen LogP contribution < -0.4 is 0 Å². The summed E-state index contributed by atoms with van der Waals surface area (Å²) >= 11 is 0. The molecule has 246 valence electrons. The molecule has 3 unspecified atom stereocenters. The molecule has 4 rings (SSSR count). The zero-order valence-corrected chi connectivity index (χ0v) is 25.4. The van der Waals surface area contributed by atoms with Crippen LogP contribution in [0.1, 0.15) is 37.3 Å². The van der Waals surface area contributed by atoms with Crippen molar-refractivity contribution in [2.24, 2.45) is 0 Å². The second kappa shape index (κ2) is 17.6. The van der Waals surface area contributed by atoms with E-state index in [1.807, 2.05) is 29.2 Å². The van der Waals surface area contributed by atoms with Gasteiger partial charge in [-0.25, -0.2) is 14.0 Å². The summed E-state index contributed by atoms with van der Waals surface area (Å²) in [5.41, 5.74) is 2.67. The zero-order chi connectivity index (χ0) is 32.9. The van der Waals surface area contributed by atoms with Crippen molar-refractivity contribution in [3.8, 4) is 0 Å². The predicted octanol–water partition coefficient (Wildman–Crippen LogP) is 2.88. The van der Waals surface area contributed by atoms with E-state index < -0.39 is 24.1 Å². The van der Waals surface area contributed by atoms with Gasteiger partial charge in [0.05, 0.1) is 25.9 Å². The molecule has 0 bridgehead atoms. The lowest BCUT2D eigenvalue weighted by Gasteiger charge is -2.31. The van der Waals surface area contributed by atoms with Crippen LogP contribution in [0.2, 0.25) is 0 Å². The quantitative estimate of drug-likeness (QED) is 0.206. The van der Waals surface area contributed by atoms with E-state index in [0.29, 0.717) is 13.0 Å². The third-order valence-electron chi connectivity index (χ3n) is 7.37. The Morgan fingerprint density at radius 1 is 0.933 bits per heavy atom. The number of nitrogens with zero attached hydrogens (tertiary/aromatic N) is 2. The molecule has 0 aliphatic carbocycles. The van der Waals surface area contributed by atoms with Crippen LogP contribution >= 0.6 is 0 Å². The molecule has 1 aliphatic heterocycles. The van der Waals surface area contributed by atoms with Crippen LogP contribution in [0.15, 0.2) is 59.2 Å². The summed E-state index contributed by atoms with van der Waals surface area (Å²) in [7, 11) is 2.09. The number of carboxylic acid groups (broad SMARTS) is 2. The van der Waals surface area contributed by atoms with E-state index in [-0.39, 0.29) is 24.1 Å². The first-order valence-electron chi connectivity index (χ1n) is 14.7. The number of hydrogen-bond acceptors (Lipinski definition) is 9. The molecular weight excluding hydrogens is 591 g/mol. The van der Waals surface area contributed by atoms with Crippen LogP contribution in [-0.2, 0) is 36.8 Å². The average Bonchev–Trinajstić information content (AvgIpc) is 3.50. The molecule has 1 fully saturated rings. The molecule has 1 saturated heterocycles. The number of aliphatic hydroxyl groups excluding tert-OH is 2. The third-order valence-corrected chi connectivity index (χ3v) is 7.37. The third kappa shape index (κ3) is 11.5. The number of carboxylic acids is 2. The molecule has 2 aromatic carbocycles. The highest BCUT2D eigenvalue weighted by Crippen LogP contribution is 2.20. The number of carbonyl (C=O) groups excluding carboxylic acids is 1. The minimum Gasteiger partial charge on any atom is -0.479 e. The number of carbonyl (C=O) groups is 3. The van der Waals surface area contributed by atoms with Gasteiger partial charge in [0.1, 0.15) is 11.4 Å². The molecule has 3 atom stereocenters. The van der Waals surface area contributed by atoms with Crippen molar-refractivity contribution in [3.63, 3.8) is 0 Å². The van der Waals surface area contributed by atoms with Crippen LogP contribution in [0, 0.1) is 5.82 Å². The number of fused-ring (bicyclic) bond motifs is 1. The Kier molecular flexibility index (Phi) is 13.9. The minimum absolute atomic E-state index is 0.0230. The number of hydrogen-bond donors (Lipinski definition) is 4. The molecule has 1 aromatic heterocycles. The van der Waals surface area contributed by atoms with Gasteiger partial charge in [0.15, 0.2) is 18.5 Å². The molecule has 13 heteroatoms. The van der Waals surface area contributed by atoms with Gasteiger partial charge in [-0.15, -0.1) is 0 Å². The van der Waals surface area contributed by atoms with Gasteiger partial charge < -0.3 is 44.1 Å². The number of aliphatic hydroxyl groups is 2. The maximum atomic E-state index is 13.5. The number of aliphatic carboxylic acids is 2. The Morgan fingerprint density at radius 3 is 2.18 bits per heavy atom. The largest absolute Gasteiger partial charge is 0.479 e. The molecule has 45 heavy (non-hydrogen) atoms. The number of rotatable bonds is 14. The SMILES string of the molecule is CC(CCN(C)CCC1OCCCO1)N(Cc1ccc(F)cc1)C(=O)Cc1ccc2occc2c1.O=C(O)C(O)C(O)C(=O)O. The molecule has 1 aliphatic rings. The fourth-order valence-corrected chi connectivity index (χ4v) is 4.65. The molecule has 0 spiro atoms. The molecule has 12 nitrogen and oxygen atoms in total. The Morgan fingerprint density at radius 2 is 1.56 bits per heavy atom. The van der Waals surface area contributed by atoms with Gasteiger partial charge in [0.2, 0.25) is 5.91 Å². The Hall–Kier alpha value is -3.88. The molecule has 4 N–H and O–H groups in total. The van der Waals surface area contributed by atoms with E-state index in [1.54, 1.807) is 18.4 Å². The molecule has 3 aromatic rings. The monoisotopic (exact) mass is 632 g/mol. The van der Waals surface area contributed by atoms with Gasteiger partial charge >= 0.3 is 11.9 Å². The van der Waals surface area contributed by atoms with E-state index in [2.05, 4.69) is 18.9 Å². The average molecular weight is 633 g/mol. The van der Waals surface area contributed by atoms with Crippen LogP contribution in [0.4, 0.5) is 4.39 Å². The normalized spacial score (nSPS) is 15.6. The predicted molar refractivity (Wildman–Crippen MR) is 161 cm³/mol. The maximum Gasteiger partial charge on any atom is 0.335 e. The highest BCUT2D eigenvalue weighted by Gasteiger charge is 2.29. The van der Waals surface area contributed by atoms with Gasteiger partial charge in [-0.1, -0.05) is 18.2 Å². The van der Waals surface area contributed by atoms with Gasteiger partial charge in [-0.3, -0.25) is 4.79 Å². The van der Waals surface area contributed by atoms with E-state index in [1.165, 1.54) is 12.1 Å². The number of amides is 1. The van der Waals surface area contributed by atoms with Crippen molar-refractivity contribution in [2.75, 3.05) is 33.4 Å². The smallest absolute Gasteiger partial charge is 0.335 e. The standard InChI is InChI=1S/C28H35FN2O4.C4H6O6/c1-21(10-13-30(2)14-11-28-34-15-3-16-35-28)31(20-22-4-7-25(29)8-5-22)27(32)19-23-6-9-26-24(18-23)12-17-33-26;5-1(3(7)8)2(6)4(9)10/h4-9,12,17-18,21,28H,3,10-11,13-16,19-20H2,1-2H3;1-2,5-6H,(H,7,8)(H,9,10). The first kappa shape index (κ1) is 35.6. The van der Waals surface area contributed by atoms with E-state index in [9.17, 15) is 18.8 Å². The fourth-order valence-electron chi connectivity index (χ4n) is 4.65. The van der Waals surface area contributed by atoms with Gasteiger partial charge in [-0.2, -0.15) is 0 Å². The van der Waals surface area contributed by atoms with Crippen LogP contribution in [-0.4, -0.2) is 106 Å². The van der Waals surface area contributed by atoms with E-state index >= 15 is 0 Å². The number of benzene rings is 2. The molecule has 1 amide bonds. The maximum absolute atomic E-state index is 13.5. The van der Waals surface area contributed by atoms with E-state index in [0.717, 1.165) is 67.7 Å². The summed E-state index contributed by atoms with van der Waals surface area (Å²) in [4.78, 5) is 37.2. The first-order valence-corrected chi connectivity index (χ1v) is 14.7. The van der Waals surface area contributed by atoms with E-state index in [4.69, 9.17) is 34.3 Å². The summed E-state index contributed by atoms with van der Waals surface area (Å²) in [6, 6.07) is 14.1. The summed E-state index contributed by atoms with van der Waals surface area (Å²) in [6.45, 7) is 5.78. The lowest BCUT2D eigenvalue weighted by Crippen LogP contribution is -2.41. The number of halogens is 1. The summed E-state index contributed by atoms with van der Waals surface area (Å²) in [5.74, 6) is -3.76. The molecule has 2 heterocycles. The van der Waals surface area contributed by atoms with Crippen molar-refractivity contribution in [1.29, 1.82) is 0 Å². The lowest BCUT2D eigenvalue weighted by molar-refractivity contribution is -0.182. The van der Waals surface area contributed by atoms with Gasteiger partial charge in [0, 0.05) is 30.9 Å². The lowest BCUT2D eigenvalue weighted by atomic mass is 10.1. The van der Waals surface area contributed by atoms with Crippen LogP contribution in [0.3, 0.4) is 0 Å². The summed E-state index contributed by atoms with van der Waals surface area (Å²) in [6.07, 6.45) is -0.0719. The molecule has 0 saturated carbocycles. The number of furan rings is 1. The van der Waals surface area contributed by atoms with Crippen molar-refractivity contribution in [1.82, 2.24) is 9.80 Å². The minimum atomic E-state index is -2.27. The summed E-state index contributed by atoms with van der Waals surface area (Å²) < 4.78 is 30.1. The van der Waals surface area contributed by atoms with Crippen molar-refractivity contribution >= 4 is 28.8 Å². The second-order valence-electron chi connectivity index (χ2n) is 10.9. The summed E-state index contributed by atoms with van der Waals surface area (Å²) in [5, 5.41) is 33.5. The fraction of sp³-hybridized carbons (Fsp3) is 0.469. The van der Waals surface area contributed by atoms with Crippen molar-refractivity contribution in [2.45, 2.75) is 63.7 Å². The molecule has 0 radical (unpaired) electrons.